The Morgan fingerprint density at radius 1 is 0.544 bits per heavy atom. The number of nitrogens with zero attached hydrogens (tertiary/aromatic N) is 10. The van der Waals surface area contributed by atoms with Gasteiger partial charge in [0.15, 0.2) is 0 Å². The standard InChI is InChI=1S/C30H22Cl3N15O12S4.4Na/c31-25-39-26(32)41-28(40-25)37-13-4-6-19(61-60-59-49)16(9-13)45-48-24-22(34)18(11-21(23(24)35)64(56,57)58)47-46-17-10-14(5-7-20(17)63(53,54)55)38-30-43-27(33)42-29(44-30)36-12-2-1-3-15(8-12)62(50,51)52;;;;/h1-11,49H,34-35H2,(H,50,51,52)(H,53,54,55)(H,56,57,58)(H,37,39,40,41)(H2,36,38,42,43,44);;;;/q;4*+1/p-4. The Balaban J connectivity index is 0.00000397. The zero-order chi connectivity index (χ0) is 46.6. The van der Waals surface area contributed by atoms with Gasteiger partial charge in [0.1, 0.15) is 53.1 Å². The van der Waals surface area contributed by atoms with Crippen LogP contribution >= 0.6 is 46.8 Å². The van der Waals surface area contributed by atoms with E-state index in [1.54, 1.807) is 0 Å². The maximum Gasteiger partial charge on any atom is 1.00 e. The molecule has 0 atom stereocenters. The molecule has 2 heterocycles. The van der Waals surface area contributed by atoms with E-state index in [0.717, 1.165) is 30.3 Å². The third-order valence-electron chi connectivity index (χ3n) is 7.53. The molecule has 4 aromatic carbocycles. The van der Waals surface area contributed by atoms with E-state index in [1.165, 1.54) is 30.3 Å². The van der Waals surface area contributed by atoms with Crippen LogP contribution in [0, 0.1) is 0 Å². The SMILES string of the molecule is Nc1c(N=Nc2cc(Nc3nc(Cl)nc(Nc4cccc(S(=O)(=O)[O-])c4)n3)ccc2S(=O)(=O)[O-])cc(S(=O)(=O)[O-])c(N)c1N=Nc1cc(Nc2nc(Cl)nc(Cl)n2)ccc1SOO[O-].[Na+].[Na+].[Na+].[Na+]. The van der Waals surface area contributed by atoms with Crippen LogP contribution in [-0.2, 0) is 39.7 Å². The fourth-order valence-electron chi connectivity index (χ4n) is 4.91. The minimum Gasteiger partial charge on any atom is -0.744 e. The summed E-state index contributed by atoms with van der Waals surface area (Å²) in [5, 5.41) is 36.7. The molecule has 0 radical (unpaired) electrons. The molecule has 0 spiro atoms. The average Bonchev–Trinajstić information content (AvgIpc) is 3.18. The Kier molecular flexibility index (Phi) is 24.2. The van der Waals surface area contributed by atoms with Crippen LogP contribution in [0.15, 0.2) is 107 Å². The van der Waals surface area contributed by atoms with Crippen molar-refractivity contribution in [3.05, 3.63) is 82.6 Å². The number of hydrogen-bond donors (Lipinski definition) is 5. The van der Waals surface area contributed by atoms with E-state index in [1.807, 2.05) is 0 Å². The summed E-state index contributed by atoms with van der Waals surface area (Å²) in [5.41, 5.74) is 8.97. The maximum atomic E-state index is 12.3. The summed E-state index contributed by atoms with van der Waals surface area (Å²) in [7, 11) is -15.5. The minimum atomic E-state index is -5.43. The Bertz CT molecular complexity index is 3210. The van der Waals surface area contributed by atoms with Crippen molar-refractivity contribution in [3.63, 3.8) is 0 Å². The van der Waals surface area contributed by atoms with Gasteiger partial charge in [0.25, 0.3) is 0 Å². The molecule has 0 aliphatic rings. The number of halogens is 3. The van der Waals surface area contributed by atoms with Crippen molar-refractivity contribution >= 4 is 146 Å². The number of nitrogens with two attached hydrogens (primary N) is 2. The molecule has 0 bridgehead atoms. The van der Waals surface area contributed by atoms with Crippen molar-refractivity contribution < 1.29 is 172 Å². The first-order valence-electron chi connectivity index (χ1n) is 16.3. The van der Waals surface area contributed by atoms with E-state index in [0.29, 0.717) is 18.1 Å². The van der Waals surface area contributed by atoms with Crippen LogP contribution in [-0.4, -0.2) is 68.8 Å². The van der Waals surface area contributed by atoms with E-state index in [9.17, 15) is 44.2 Å². The number of rotatable bonds is 16. The monoisotopic (exact) mass is 1100 g/mol. The number of benzene rings is 4. The van der Waals surface area contributed by atoms with Crippen LogP contribution in [0.4, 0.5) is 69.0 Å². The number of aromatic nitrogens is 6. The topological polar surface area (TPSA) is 428 Å². The van der Waals surface area contributed by atoms with Crippen molar-refractivity contribution in [2.45, 2.75) is 19.6 Å². The van der Waals surface area contributed by atoms with Crippen LogP contribution in [0.1, 0.15) is 0 Å². The molecule has 0 saturated heterocycles. The molecule has 0 fully saturated rings. The average molecular weight is 1110 g/mol. The number of nitrogens with one attached hydrogen (secondary N) is 3. The number of hydrogen-bond acceptors (Lipinski definition) is 28. The molecule has 0 saturated carbocycles. The van der Waals surface area contributed by atoms with Crippen LogP contribution in [0.25, 0.3) is 0 Å². The third-order valence-corrected chi connectivity index (χ3v) is 11.3. The summed E-state index contributed by atoms with van der Waals surface area (Å²) in [6.07, 6.45) is 0. The molecular weight excluding hydrogens is 1090 g/mol. The summed E-state index contributed by atoms with van der Waals surface area (Å²) >= 11 is 18.1. The second-order valence-corrected chi connectivity index (χ2v) is 17.6. The maximum absolute atomic E-state index is 12.3. The van der Waals surface area contributed by atoms with Crippen molar-refractivity contribution in [2.24, 2.45) is 20.5 Å². The quantitative estimate of drug-likeness (QED) is 0.0114. The van der Waals surface area contributed by atoms with E-state index in [4.69, 9.17) is 46.3 Å². The first-order chi connectivity index (χ1) is 30.1. The molecule has 7 N–H and O–H groups in total. The molecular formula is C30H18Cl3N15Na4O12S4. The molecule has 0 aliphatic carbocycles. The van der Waals surface area contributed by atoms with Crippen LogP contribution in [0.3, 0.4) is 0 Å². The van der Waals surface area contributed by atoms with E-state index >= 15 is 0 Å². The first-order valence-corrected chi connectivity index (χ1v) is 22.4. The predicted octanol–water partition coefficient (Wildman–Crippen LogP) is -6.80. The normalized spacial score (nSPS) is 11.5. The molecule has 0 aliphatic heterocycles. The Morgan fingerprint density at radius 2 is 1.03 bits per heavy atom. The van der Waals surface area contributed by atoms with Crippen molar-refractivity contribution in [2.75, 3.05) is 27.4 Å². The van der Waals surface area contributed by atoms with Gasteiger partial charge in [-0.05, 0) is 95.5 Å². The zero-order valence-electron chi connectivity index (χ0n) is 34.6. The summed E-state index contributed by atoms with van der Waals surface area (Å²) < 4.78 is 113. The molecule has 6 aromatic rings. The first kappa shape index (κ1) is 62.0. The van der Waals surface area contributed by atoms with Gasteiger partial charge in [0.05, 0.1) is 43.0 Å². The second-order valence-electron chi connectivity index (χ2n) is 11.8. The van der Waals surface area contributed by atoms with Gasteiger partial charge in [-0.1, -0.05) is 6.07 Å². The summed E-state index contributed by atoms with van der Waals surface area (Å²) in [6.45, 7) is 0. The fraction of sp³-hybridized carbons (Fsp3) is 0. The molecule has 2 aromatic heterocycles. The largest absolute Gasteiger partial charge is 1.00 e. The molecule has 334 valence electrons. The minimum absolute atomic E-state index is 0. The van der Waals surface area contributed by atoms with Gasteiger partial charge in [0, 0.05) is 17.1 Å². The summed E-state index contributed by atoms with van der Waals surface area (Å²) in [5.74, 6) is -0.663. The van der Waals surface area contributed by atoms with Gasteiger partial charge in [-0.15, -0.1) is 20.5 Å². The van der Waals surface area contributed by atoms with Gasteiger partial charge in [0.2, 0.25) is 33.7 Å². The van der Waals surface area contributed by atoms with Crippen LogP contribution in [0.2, 0.25) is 15.9 Å². The van der Waals surface area contributed by atoms with Gasteiger partial charge in [-0.2, -0.15) is 34.2 Å². The van der Waals surface area contributed by atoms with Crippen LogP contribution in [0.5, 0.6) is 0 Å². The van der Waals surface area contributed by atoms with Gasteiger partial charge >= 0.3 is 118 Å². The van der Waals surface area contributed by atoms with Crippen molar-refractivity contribution in [1.82, 2.24) is 29.9 Å². The van der Waals surface area contributed by atoms with Crippen LogP contribution < -0.4 is 151 Å². The molecule has 27 nitrogen and oxygen atoms in total. The Morgan fingerprint density at radius 3 is 1.57 bits per heavy atom. The zero-order valence-corrected chi connectivity index (χ0v) is 48.2. The van der Waals surface area contributed by atoms with E-state index in [2.05, 4.69) is 75.7 Å². The molecule has 38 heteroatoms. The van der Waals surface area contributed by atoms with E-state index in [-0.39, 0.29) is 174 Å². The number of nitrogen functional groups attached to an aromatic ring is 2. The third kappa shape index (κ3) is 17.0. The van der Waals surface area contributed by atoms with Gasteiger partial charge in [-0.3, -0.25) is 5.04 Å². The molecule has 68 heavy (non-hydrogen) atoms. The van der Waals surface area contributed by atoms with Crippen molar-refractivity contribution in [1.29, 1.82) is 0 Å². The Hall–Kier alpha value is -2.07. The van der Waals surface area contributed by atoms with Gasteiger partial charge in [-0.25, -0.2) is 25.3 Å². The number of anilines is 8. The molecule has 6 rings (SSSR count). The smallest absolute Gasteiger partial charge is 0.744 e. The summed E-state index contributed by atoms with van der Waals surface area (Å²) in [6, 6.07) is 12.3. The summed E-state index contributed by atoms with van der Waals surface area (Å²) in [4.78, 5) is 20.7. The van der Waals surface area contributed by atoms with Crippen molar-refractivity contribution in [3.8, 4) is 0 Å². The second kappa shape index (κ2) is 26.6. The van der Waals surface area contributed by atoms with Gasteiger partial charge < -0.3 is 46.3 Å². The van der Waals surface area contributed by atoms with E-state index < -0.39 is 78.8 Å². The predicted molar refractivity (Wildman–Crippen MR) is 219 cm³/mol. The number of azo groups is 2. The molecule has 0 amide bonds. The molecule has 0 unspecified atom stereocenters. The Labute approximate surface area is 491 Å². The fourth-order valence-corrected chi connectivity index (χ4v) is 7.57.